The van der Waals surface area contributed by atoms with Gasteiger partial charge in [-0.25, -0.2) is 0 Å². The lowest BCUT2D eigenvalue weighted by Gasteiger charge is -2.08. The third-order valence-corrected chi connectivity index (χ3v) is 1.81. The van der Waals surface area contributed by atoms with Crippen molar-refractivity contribution >= 4 is 5.91 Å². The lowest BCUT2D eigenvalue weighted by Crippen LogP contribution is -2.37. The van der Waals surface area contributed by atoms with Crippen LogP contribution in [0.5, 0.6) is 0 Å². The third kappa shape index (κ3) is 4.15. The number of nitriles is 1. The molecule has 1 aromatic heterocycles. The Morgan fingerprint density at radius 1 is 1.56 bits per heavy atom. The van der Waals surface area contributed by atoms with Crippen molar-refractivity contribution in [1.82, 2.24) is 10.6 Å². The van der Waals surface area contributed by atoms with E-state index in [0.29, 0.717) is 12.3 Å². The maximum absolute atomic E-state index is 11.2. The molecule has 1 rings (SSSR count). The molecule has 0 atom stereocenters. The lowest BCUT2D eigenvalue weighted by atomic mass is 10.4. The van der Waals surface area contributed by atoms with Crippen molar-refractivity contribution in [3.05, 3.63) is 23.7 Å². The van der Waals surface area contributed by atoms with Gasteiger partial charge in [0.1, 0.15) is 11.8 Å². The summed E-state index contributed by atoms with van der Waals surface area (Å²) in [5.41, 5.74) is 0. The van der Waals surface area contributed by atoms with Gasteiger partial charge in [-0.2, -0.15) is 5.26 Å². The Bertz CT molecular complexity index is 390. The van der Waals surface area contributed by atoms with Crippen LogP contribution in [-0.2, 0) is 11.3 Å². The van der Waals surface area contributed by atoms with Gasteiger partial charge in [-0.1, -0.05) is 0 Å². The number of hydrogen-bond acceptors (Lipinski definition) is 4. The number of nitrogens with one attached hydrogen (secondary N) is 2. The fourth-order valence-electron chi connectivity index (χ4n) is 1.21. The molecule has 0 aromatic carbocycles. The Morgan fingerprint density at radius 3 is 2.88 bits per heavy atom. The molecule has 1 heterocycles. The summed E-state index contributed by atoms with van der Waals surface area (Å²) in [6, 6.07) is 5.36. The molecule has 1 amide bonds. The number of nitrogens with zero attached hydrogens (tertiary/aromatic N) is 1. The van der Waals surface area contributed by atoms with E-state index >= 15 is 0 Å². The summed E-state index contributed by atoms with van der Waals surface area (Å²) in [5.74, 6) is 0.874. The Labute approximate surface area is 94.4 Å². The molecule has 16 heavy (non-hydrogen) atoms. The molecule has 0 fully saturated rings. The lowest BCUT2D eigenvalue weighted by molar-refractivity contribution is -0.120. The van der Waals surface area contributed by atoms with Crippen LogP contribution in [0.2, 0.25) is 0 Å². The van der Waals surface area contributed by atoms with E-state index in [4.69, 9.17) is 9.68 Å². The molecule has 0 aliphatic rings. The van der Waals surface area contributed by atoms with Crippen molar-refractivity contribution in [2.45, 2.75) is 26.4 Å². The molecule has 0 saturated carbocycles. The third-order valence-electron chi connectivity index (χ3n) is 1.81. The monoisotopic (exact) mass is 221 g/mol. The zero-order valence-corrected chi connectivity index (χ0v) is 9.41. The SMILES string of the molecule is CC(C)NC(=O)CNCc1ccc(C#N)o1. The van der Waals surface area contributed by atoms with Crippen molar-refractivity contribution in [2.24, 2.45) is 0 Å². The molecule has 0 saturated heterocycles. The summed E-state index contributed by atoms with van der Waals surface area (Å²) in [6.07, 6.45) is 0. The Hall–Kier alpha value is -1.80. The normalized spacial score (nSPS) is 10.1. The van der Waals surface area contributed by atoms with Crippen LogP contribution >= 0.6 is 0 Å². The predicted octanol–water partition coefficient (Wildman–Crippen LogP) is 0.765. The van der Waals surface area contributed by atoms with Crippen molar-refractivity contribution in [3.8, 4) is 6.07 Å². The summed E-state index contributed by atoms with van der Waals surface area (Å²) < 4.78 is 5.14. The van der Waals surface area contributed by atoms with Crippen molar-refractivity contribution in [3.63, 3.8) is 0 Å². The van der Waals surface area contributed by atoms with Gasteiger partial charge < -0.3 is 15.1 Å². The zero-order chi connectivity index (χ0) is 12.0. The van der Waals surface area contributed by atoms with Gasteiger partial charge in [0.15, 0.2) is 0 Å². The quantitative estimate of drug-likeness (QED) is 0.769. The molecule has 0 unspecified atom stereocenters. The van der Waals surface area contributed by atoms with E-state index in [1.807, 2.05) is 19.9 Å². The van der Waals surface area contributed by atoms with Gasteiger partial charge in [0.25, 0.3) is 0 Å². The first kappa shape index (κ1) is 12.3. The van der Waals surface area contributed by atoms with Gasteiger partial charge in [-0.05, 0) is 26.0 Å². The van der Waals surface area contributed by atoms with Crippen LogP contribution in [0.4, 0.5) is 0 Å². The molecule has 5 nitrogen and oxygen atoms in total. The number of furan rings is 1. The molecule has 2 N–H and O–H groups in total. The van der Waals surface area contributed by atoms with E-state index in [2.05, 4.69) is 10.6 Å². The second-order valence-corrected chi connectivity index (χ2v) is 3.70. The van der Waals surface area contributed by atoms with Crippen LogP contribution in [0.1, 0.15) is 25.4 Å². The molecule has 86 valence electrons. The fraction of sp³-hybridized carbons (Fsp3) is 0.455. The Morgan fingerprint density at radius 2 is 2.31 bits per heavy atom. The summed E-state index contributed by atoms with van der Waals surface area (Å²) in [6.45, 7) is 4.49. The highest BCUT2D eigenvalue weighted by molar-refractivity contribution is 5.78. The first-order chi connectivity index (χ1) is 7.61. The molecule has 1 aromatic rings. The van der Waals surface area contributed by atoms with Crippen LogP contribution in [-0.4, -0.2) is 18.5 Å². The molecule has 0 spiro atoms. The topological polar surface area (TPSA) is 78.1 Å². The number of carbonyl (C=O) groups is 1. The second-order valence-electron chi connectivity index (χ2n) is 3.70. The van der Waals surface area contributed by atoms with Gasteiger partial charge >= 0.3 is 0 Å². The van der Waals surface area contributed by atoms with E-state index in [-0.39, 0.29) is 24.3 Å². The molecular weight excluding hydrogens is 206 g/mol. The minimum absolute atomic E-state index is 0.0536. The van der Waals surface area contributed by atoms with Crippen LogP contribution in [0.3, 0.4) is 0 Å². The summed E-state index contributed by atoms with van der Waals surface area (Å²) in [4.78, 5) is 11.2. The number of amides is 1. The summed E-state index contributed by atoms with van der Waals surface area (Å²) in [7, 11) is 0. The standard InChI is InChI=1S/C11H15N3O2/c1-8(2)14-11(15)7-13-6-10-4-3-9(5-12)16-10/h3-4,8,13H,6-7H2,1-2H3,(H,14,15). The maximum Gasteiger partial charge on any atom is 0.234 e. The maximum atomic E-state index is 11.2. The van der Waals surface area contributed by atoms with Crippen molar-refractivity contribution in [2.75, 3.05) is 6.54 Å². The van der Waals surface area contributed by atoms with Gasteiger partial charge in [0, 0.05) is 6.04 Å². The molecule has 0 bridgehead atoms. The average Bonchev–Trinajstić information content (AvgIpc) is 2.64. The van der Waals surface area contributed by atoms with Crippen LogP contribution in [0.15, 0.2) is 16.5 Å². The van der Waals surface area contributed by atoms with Crippen LogP contribution in [0.25, 0.3) is 0 Å². The molecule has 0 radical (unpaired) electrons. The van der Waals surface area contributed by atoms with E-state index in [9.17, 15) is 4.79 Å². The molecular formula is C11H15N3O2. The van der Waals surface area contributed by atoms with Crippen molar-refractivity contribution in [1.29, 1.82) is 5.26 Å². The highest BCUT2D eigenvalue weighted by Gasteiger charge is 2.04. The average molecular weight is 221 g/mol. The number of rotatable bonds is 5. The minimum atomic E-state index is -0.0536. The van der Waals surface area contributed by atoms with E-state index in [1.165, 1.54) is 0 Å². The Kier molecular flexibility index (Phi) is 4.55. The highest BCUT2D eigenvalue weighted by atomic mass is 16.3. The Balaban J connectivity index is 2.25. The summed E-state index contributed by atoms with van der Waals surface area (Å²) >= 11 is 0. The van der Waals surface area contributed by atoms with Gasteiger partial charge in [0.2, 0.25) is 11.7 Å². The number of carbonyl (C=O) groups excluding carboxylic acids is 1. The van der Waals surface area contributed by atoms with E-state index in [1.54, 1.807) is 12.1 Å². The fourth-order valence-corrected chi connectivity index (χ4v) is 1.21. The van der Waals surface area contributed by atoms with Crippen molar-refractivity contribution < 1.29 is 9.21 Å². The zero-order valence-electron chi connectivity index (χ0n) is 9.41. The first-order valence-corrected chi connectivity index (χ1v) is 5.10. The minimum Gasteiger partial charge on any atom is -0.449 e. The smallest absolute Gasteiger partial charge is 0.234 e. The first-order valence-electron chi connectivity index (χ1n) is 5.10. The van der Waals surface area contributed by atoms with Crippen LogP contribution in [0, 0.1) is 11.3 Å². The predicted molar refractivity (Wildman–Crippen MR) is 58.4 cm³/mol. The second kappa shape index (κ2) is 5.93. The van der Waals surface area contributed by atoms with Crippen LogP contribution < -0.4 is 10.6 Å². The number of hydrogen-bond donors (Lipinski definition) is 2. The van der Waals surface area contributed by atoms with E-state index in [0.717, 1.165) is 0 Å². The van der Waals surface area contributed by atoms with Gasteiger partial charge in [0.05, 0.1) is 13.1 Å². The van der Waals surface area contributed by atoms with E-state index < -0.39 is 0 Å². The summed E-state index contributed by atoms with van der Waals surface area (Å²) in [5, 5.41) is 14.2. The van der Waals surface area contributed by atoms with Gasteiger partial charge in [-0.3, -0.25) is 4.79 Å². The highest BCUT2D eigenvalue weighted by Crippen LogP contribution is 2.05. The molecule has 0 aliphatic heterocycles. The van der Waals surface area contributed by atoms with Gasteiger partial charge in [-0.15, -0.1) is 0 Å². The molecule has 0 aliphatic carbocycles. The largest absolute Gasteiger partial charge is 0.449 e. The molecule has 5 heteroatoms.